The Balaban J connectivity index is 1.42. The van der Waals surface area contributed by atoms with E-state index in [1.165, 1.54) is 13.2 Å². The molecular weight excluding hydrogens is 285 g/mol. The lowest BCUT2D eigenvalue weighted by Crippen LogP contribution is -2.42. The molecule has 2 aliphatic rings. The molecule has 0 amide bonds. The van der Waals surface area contributed by atoms with Crippen LogP contribution < -0.4 is 10.1 Å². The van der Waals surface area contributed by atoms with Gasteiger partial charge in [0.1, 0.15) is 0 Å². The fourth-order valence-electron chi connectivity index (χ4n) is 3.33. The molecule has 2 fully saturated rings. The molecule has 0 bridgehead atoms. The van der Waals surface area contributed by atoms with Crippen molar-refractivity contribution in [3.8, 4) is 5.75 Å². The predicted molar refractivity (Wildman–Crippen MR) is 81.5 cm³/mol. The van der Waals surface area contributed by atoms with Gasteiger partial charge in [0.25, 0.3) is 0 Å². The van der Waals surface area contributed by atoms with Gasteiger partial charge in [0.15, 0.2) is 17.4 Å². The molecule has 122 valence electrons. The van der Waals surface area contributed by atoms with Crippen LogP contribution in [0.4, 0.5) is 4.39 Å². The smallest absolute Gasteiger partial charge is 0.168 e. The molecule has 1 aromatic rings. The zero-order chi connectivity index (χ0) is 15.4. The minimum Gasteiger partial charge on any atom is -0.494 e. The summed E-state index contributed by atoms with van der Waals surface area (Å²) in [5, 5.41) is 3.58. The minimum atomic E-state index is -0.312. The molecule has 1 spiro atoms. The third kappa shape index (κ3) is 3.59. The summed E-state index contributed by atoms with van der Waals surface area (Å²) in [5.41, 5.74) is 1.08. The number of benzene rings is 1. The van der Waals surface area contributed by atoms with E-state index in [1.54, 1.807) is 6.07 Å². The summed E-state index contributed by atoms with van der Waals surface area (Å²) in [6, 6.07) is 5.57. The van der Waals surface area contributed by atoms with Gasteiger partial charge in [-0.25, -0.2) is 4.39 Å². The molecule has 1 aliphatic heterocycles. The first-order chi connectivity index (χ1) is 10.7. The number of methoxy groups -OCH3 is 1. The lowest BCUT2D eigenvalue weighted by molar-refractivity contribution is -0.179. The van der Waals surface area contributed by atoms with Crippen LogP contribution in [0.15, 0.2) is 18.2 Å². The molecule has 1 saturated heterocycles. The Bertz CT molecular complexity index is 493. The van der Waals surface area contributed by atoms with Gasteiger partial charge < -0.3 is 19.5 Å². The molecule has 1 heterocycles. The second kappa shape index (κ2) is 6.94. The standard InChI is InChI=1S/C17H24FNO3/c1-20-16-12-13(2-3-15(16)18)6-9-19-14-4-7-17(8-5-14)21-10-11-22-17/h2-3,12,14,19H,4-11H2,1H3. The maximum Gasteiger partial charge on any atom is 0.168 e. The fraction of sp³-hybridized carbons (Fsp3) is 0.647. The van der Waals surface area contributed by atoms with Gasteiger partial charge in [-0.2, -0.15) is 0 Å². The lowest BCUT2D eigenvalue weighted by Gasteiger charge is -2.35. The Hall–Kier alpha value is -1.17. The summed E-state index contributed by atoms with van der Waals surface area (Å²) in [6.45, 7) is 2.34. The Kier molecular flexibility index (Phi) is 4.96. The van der Waals surface area contributed by atoms with E-state index in [-0.39, 0.29) is 11.6 Å². The molecule has 0 atom stereocenters. The van der Waals surface area contributed by atoms with Crippen molar-refractivity contribution < 1.29 is 18.6 Å². The summed E-state index contributed by atoms with van der Waals surface area (Å²) in [4.78, 5) is 0. The van der Waals surface area contributed by atoms with Gasteiger partial charge in [0.05, 0.1) is 20.3 Å². The van der Waals surface area contributed by atoms with Crippen LogP contribution in [-0.2, 0) is 15.9 Å². The van der Waals surface area contributed by atoms with Crippen LogP contribution in [0.25, 0.3) is 0 Å². The van der Waals surface area contributed by atoms with Crippen molar-refractivity contribution in [1.82, 2.24) is 5.32 Å². The first-order valence-electron chi connectivity index (χ1n) is 8.04. The monoisotopic (exact) mass is 309 g/mol. The molecule has 0 unspecified atom stereocenters. The van der Waals surface area contributed by atoms with Gasteiger partial charge in [-0.3, -0.25) is 0 Å². The minimum absolute atomic E-state index is 0.289. The van der Waals surface area contributed by atoms with Gasteiger partial charge in [-0.05, 0) is 43.5 Å². The van der Waals surface area contributed by atoms with Gasteiger partial charge >= 0.3 is 0 Å². The van der Waals surface area contributed by atoms with Crippen molar-refractivity contribution in [2.75, 3.05) is 26.9 Å². The summed E-state index contributed by atoms with van der Waals surface area (Å²) >= 11 is 0. The van der Waals surface area contributed by atoms with Gasteiger partial charge in [0.2, 0.25) is 0 Å². The maximum atomic E-state index is 13.4. The van der Waals surface area contributed by atoms with Crippen molar-refractivity contribution in [3.63, 3.8) is 0 Å². The Morgan fingerprint density at radius 1 is 1.27 bits per heavy atom. The van der Waals surface area contributed by atoms with E-state index in [1.807, 2.05) is 6.07 Å². The van der Waals surface area contributed by atoms with Crippen LogP contribution in [0.5, 0.6) is 5.75 Å². The molecule has 22 heavy (non-hydrogen) atoms. The van der Waals surface area contributed by atoms with Gasteiger partial charge in [0, 0.05) is 18.9 Å². The Labute approximate surface area is 130 Å². The van der Waals surface area contributed by atoms with E-state index < -0.39 is 0 Å². The van der Waals surface area contributed by atoms with E-state index in [4.69, 9.17) is 14.2 Å². The molecule has 4 nitrogen and oxygen atoms in total. The SMILES string of the molecule is COc1cc(CCNC2CCC3(CC2)OCCO3)ccc1F. The first-order valence-corrected chi connectivity index (χ1v) is 8.04. The summed E-state index contributed by atoms with van der Waals surface area (Å²) < 4.78 is 29.9. The summed E-state index contributed by atoms with van der Waals surface area (Å²) in [5.74, 6) is -0.288. The highest BCUT2D eigenvalue weighted by Crippen LogP contribution is 2.35. The predicted octanol–water partition coefficient (Wildman–Crippen LogP) is 2.65. The van der Waals surface area contributed by atoms with E-state index in [0.717, 1.165) is 57.4 Å². The highest BCUT2D eigenvalue weighted by Gasteiger charge is 2.39. The number of rotatable bonds is 5. The molecule has 3 rings (SSSR count). The van der Waals surface area contributed by atoms with E-state index >= 15 is 0 Å². The Morgan fingerprint density at radius 3 is 2.68 bits per heavy atom. The molecule has 0 radical (unpaired) electrons. The van der Waals surface area contributed by atoms with Crippen LogP contribution in [-0.4, -0.2) is 38.7 Å². The average Bonchev–Trinajstić information content (AvgIpc) is 2.99. The summed E-state index contributed by atoms with van der Waals surface area (Å²) in [6.07, 6.45) is 4.95. The zero-order valence-electron chi connectivity index (χ0n) is 13.1. The van der Waals surface area contributed by atoms with Crippen LogP contribution in [0.1, 0.15) is 31.2 Å². The van der Waals surface area contributed by atoms with E-state index in [9.17, 15) is 4.39 Å². The second-order valence-electron chi connectivity index (χ2n) is 6.05. The number of hydrogen-bond acceptors (Lipinski definition) is 4. The highest BCUT2D eigenvalue weighted by atomic mass is 19.1. The van der Waals surface area contributed by atoms with Crippen molar-refractivity contribution in [1.29, 1.82) is 0 Å². The molecular formula is C17H24FNO3. The van der Waals surface area contributed by atoms with Crippen molar-refractivity contribution in [2.45, 2.75) is 43.9 Å². The van der Waals surface area contributed by atoms with Crippen LogP contribution in [0.2, 0.25) is 0 Å². The fourth-order valence-corrected chi connectivity index (χ4v) is 3.33. The largest absolute Gasteiger partial charge is 0.494 e. The molecule has 1 aromatic carbocycles. The van der Waals surface area contributed by atoms with Crippen molar-refractivity contribution in [3.05, 3.63) is 29.6 Å². The van der Waals surface area contributed by atoms with E-state index in [0.29, 0.717) is 11.8 Å². The number of halogens is 1. The Morgan fingerprint density at radius 2 is 2.00 bits per heavy atom. The number of ether oxygens (including phenoxy) is 3. The third-order valence-electron chi connectivity index (χ3n) is 4.62. The number of hydrogen-bond donors (Lipinski definition) is 1. The maximum absolute atomic E-state index is 13.4. The van der Waals surface area contributed by atoms with Crippen molar-refractivity contribution in [2.24, 2.45) is 0 Å². The molecule has 1 aliphatic carbocycles. The second-order valence-corrected chi connectivity index (χ2v) is 6.05. The summed E-state index contributed by atoms with van der Waals surface area (Å²) in [7, 11) is 1.49. The molecule has 1 N–H and O–H groups in total. The lowest BCUT2D eigenvalue weighted by atomic mass is 9.90. The third-order valence-corrected chi connectivity index (χ3v) is 4.62. The molecule has 0 aromatic heterocycles. The van der Waals surface area contributed by atoms with Crippen molar-refractivity contribution >= 4 is 0 Å². The van der Waals surface area contributed by atoms with Gasteiger partial charge in [-0.15, -0.1) is 0 Å². The average molecular weight is 309 g/mol. The first kappa shape index (κ1) is 15.7. The quantitative estimate of drug-likeness (QED) is 0.908. The van der Waals surface area contributed by atoms with E-state index in [2.05, 4.69) is 5.32 Å². The van der Waals surface area contributed by atoms with Gasteiger partial charge in [-0.1, -0.05) is 6.07 Å². The number of nitrogens with one attached hydrogen (secondary N) is 1. The normalized spacial score (nSPS) is 21.4. The molecule has 1 saturated carbocycles. The molecule has 5 heteroatoms. The van der Waals surface area contributed by atoms with Crippen LogP contribution in [0.3, 0.4) is 0 Å². The highest BCUT2D eigenvalue weighted by molar-refractivity contribution is 5.30. The van der Waals surface area contributed by atoms with Crippen LogP contribution in [0, 0.1) is 5.82 Å². The topological polar surface area (TPSA) is 39.7 Å². The van der Waals surface area contributed by atoms with Crippen LogP contribution >= 0.6 is 0 Å². The zero-order valence-corrected chi connectivity index (χ0v) is 13.1.